The minimum absolute atomic E-state index is 0.00810. The normalized spacial score (nSPS) is 50.5. The molecule has 2 unspecified atom stereocenters. The van der Waals surface area contributed by atoms with Crippen molar-refractivity contribution in [1.82, 2.24) is 0 Å². The van der Waals surface area contributed by atoms with Crippen molar-refractivity contribution in [1.29, 1.82) is 0 Å². The maximum atomic E-state index is 10.7. The van der Waals surface area contributed by atoms with E-state index in [4.69, 9.17) is 5.11 Å². The number of aliphatic carboxylic acids is 1. The first-order valence-corrected chi connectivity index (χ1v) is 4.32. The van der Waals surface area contributed by atoms with Crippen LogP contribution in [0.1, 0.15) is 25.7 Å². The Labute approximate surface area is 67.7 Å². The molecule has 3 heteroatoms. The van der Waals surface area contributed by atoms with Gasteiger partial charge in [-0.05, 0) is 19.3 Å². The van der Waals surface area contributed by atoms with Crippen LogP contribution in [0.5, 0.6) is 0 Å². The number of carbonyl (C=O) groups is 1. The molecule has 10 heavy (non-hydrogen) atoms. The average Bonchev–Trinajstić information content (AvgIpc) is 2.29. The van der Waals surface area contributed by atoms with E-state index in [-0.39, 0.29) is 9.74 Å². The van der Waals surface area contributed by atoms with Crippen LogP contribution in [0.15, 0.2) is 0 Å². The molecule has 2 atom stereocenters. The third-order valence-corrected chi connectivity index (χ3v) is 4.34. The summed E-state index contributed by atoms with van der Waals surface area (Å²) in [5, 5.41) is 8.85. The van der Waals surface area contributed by atoms with Gasteiger partial charge in [-0.1, -0.05) is 22.4 Å². The number of carboxylic acids is 1. The molecule has 0 aliphatic heterocycles. The smallest absolute Gasteiger partial charge is 0.311 e. The van der Waals surface area contributed by atoms with Crippen molar-refractivity contribution in [2.24, 2.45) is 5.41 Å². The van der Waals surface area contributed by atoms with Crippen LogP contribution in [-0.2, 0) is 4.79 Å². The van der Waals surface area contributed by atoms with Crippen molar-refractivity contribution in [3.8, 4) is 0 Å². The Hall–Kier alpha value is -0.0500. The number of halogens is 1. The van der Waals surface area contributed by atoms with E-state index in [0.29, 0.717) is 0 Å². The van der Waals surface area contributed by atoms with Crippen LogP contribution in [0.4, 0.5) is 0 Å². The Bertz CT molecular complexity index is 200. The van der Waals surface area contributed by atoms with Gasteiger partial charge in [-0.2, -0.15) is 0 Å². The zero-order valence-corrected chi connectivity index (χ0v) is 7.15. The fraction of sp³-hybridized carbons (Fsp3) is 0.857. The molecular weight excluding hydrogens is 196 g/mol. The summed E-state index contributed by atoms with van der Waals surface area (Å²) in [7, 11) is 0. The largest absolute Gasteiger partial charge is 0.481 e. The number of carboxylic acid groups (broad SMARTS) is 1. The summed E-state index contributed by atoms with van der Waals surface area (Å²) in [6, 6.07) is 0. The highest BCUT2D eigenvalue weighted by Crippen LogP contribution is 2.71. The molecule has 56 valence electrons. The number of alkyl halides is 1. The molecule has 0 aromatic rings. The maximum absolute atomic E-state index is 10.7. The fourth-order valence-corrected chi connectivity index (χ4v) is 3.25. The van der Waals surface area contributed by atoms with Gasteiger partial charge in [0.05, 0.1) is 5.41 Å². The number of hydrogen-bond acceptors (Lipinski definition) is 1. The number of rotatable bonds is 1. The van der Waals surface area contributed by atoms with Crippen molar-refractivity contribution >= 4 is 21.9 Å². The molecule has 0 saturated heterocycles. The van der Waals surface area contributed by atoms with Crippen LogP contribution >= 0.6 is 15.9 Å². The van der Waals surface area contributed by atoms with Crippen molar-refractivity contribution in [3.63, 3.8) is 0 Å². The highest BCUT2D eigenvalue weighted by molar-refractivity contribution is 9.10. The summed E-state index contributed by atoms with van der Waals surface area (Å²) in [5.41, 5.74) is -0.368. The molecule has 2 fully saturated rings. The first kappa shape index (κ1) is 6.65. The van der Waals surface area contributed by atoms with Crippen molar-refractivity contribution in [2.45, 2.75) is 30.0 Å². The second kappa shape index (κ2) is 1.58. The van der Waals surface area contributed by atoms with Crippen molar-refractivity contribution < 1.29 is 9.90 Å². The molecule has 0 bridgehead atoms. The van der Waals surface area contributed by atoms with Gasteiger partial charge in [-0.15, -0.1) is 0 Å². The van der Waals surface area contributed by atoms with Gasteiger partial charge in [0, 0.05) is 4.32 Å². The number of fused-ring (bicyclic) bond motifs is 1. The predicted molar refractivity (Wildman–Crippen MR) is 40.2 cm³/mol. The monoisotopic (exact) mass is 204 g/mol. The van der Waals surface area contributed by atoms with Crippen LogP contribution in [0, 0.1) is 5.41 Å². The summed E-state index contributed by atoms with van der Waals surface area (Å²) in [4.78, 5) is 10.7. The van der Waals surface area contributed by atoms with E-state index in [2.05, 4.69) is 15.9 Å². The predicted octanol–water partition coefficient (Wildman–Crippen LogP) is 1.78. The van der Waals surface area contributed by atoms with Gasteiger partial charge in [-0.3, -0.25) is 4.79 Å². The lowest BCUT2D eigenvalue weighted by molar-refractivity contribution is -0.143. The summed E-state index contributed by atoms with van der Waals surface area (Å²) in [5.74, 6) is -0.609. The molecule has 2 saturated carbocycles. The molecular formula is C7H9BrO2. The quantitative estimate of drug-likeness (QED) is 0.662. The van der Waals surface area contributed by atoms with E-state index in [0.717, 1.165) is 25.7 Å². The third kappa shape index (κ3) is 0.529. The molecule has 2 rings (SSSR count). The maximum Gasteiger partial charge on any atom is 0.311 e. The molecule has 0 radical (unpaired) electrons. The Morgan fingerprint density at radius 2 is 2.20 bits per heavy atom. The van der Waals surface area contributed by atoms with E-state index in [1.54, 1.807) is 0 Å². The van der Waals surface area contributed by atoms with Crippen molar-refractivity contribution in [3.05, 3.63) is 0 Å². The summed E-state index contributed by atoms with van der Waals surface area (Å²) < 4.78 is -0.00810. The van der Waals surface area contributed by atoms with E-state index >= 15 is 0 Å². The van der Waals surface area contributed by atoms with E-state index < -0.39 is 5.97 Å². The lowest BCUT2D eigenvalue weighted by Crippen LogP contribution is -2.18. The second-order valence-electron chi connectivity index (χ2n) is 3.38. The Morgan fingerprint density at radius 1 is 1.50 bits per heavy atom. The van der Waals surface area contributed by atoms with Gasteiger partial charge >= 0.3 is 5.97 Å². The van der Waals surface area contributed by atoms with E-state index in [9.17, 15) is 4.79 Å². The molecule has 0 aromatic carbocycles. The molecule has 2 aliphatic rings. The van der Waals surface area contributed by atoms with Gasteiger partial charge in [0.15, 0.2) is 0 Å². The van der Waals surface area contributed by atoms with Gasteiger partial charge in [0.25, 0.3) is 0 Å². The first-order valence-electron chi connectivity index (χ1n) is 3.53. The standard InChI is InChI=1S/C7H9BrO2/c8-7-3-1-2-6(7,4-7)5(9)10/h1-4H2,(H,9,10). The molecule has 0 aromatic heterocycles. The molecule has 2 nitrogen and oxygen atoms in total. The number of hydrogen-bond donors (Lipinski definition) is 1. The lowest BCUT2D eigenvalue weighted by atomic mass is 10.1. The Kier molecular flexibility index (Phi) is 1.05. The van der Waals surface area contributed by atoms with Crippen LogP contribution in [0.2, 0.25) is 0 Å². The Balaban J connectivity index is 2.28. The van der Waals surface area contributed by atoms with Crippen LogP contribution < -0.4 is 0 Å². The molecule has 2 aliphatic carbocycles. The van der Waals surface area contributed by atoms with E-state index in [1.165, 1.54) is 0 Å². The van der Waals surface area contributed by atoms with Crippen LogP contribution in [0.3, 0.4) is 0 Å². The zero-order valence-electron chi connectivity index (χ0n) is 5.56. The summed E-state index contributed by atoms with van der Waals surface area (Å²) in [6.07, 6.45) is 3.82. The minimum atomic E-state index is -0.609. The first-order chi connectivity index (χ1) is 4.61. The van der Waals surface area contributed by atoms with E-state index in [1.807, 2.05) is 0 Å². The Morgan fingerprint density at radius 3 is 2.40 bits per heavy atom. The molecule has 1 N–H and O–H groups in total. The van der Waals surface area contributed by atoms with Gasteiger partial charge in [-0.25, -0.2) is 0 Å². The summed E-state index contributed by atoms with van der Waals surface area (Å²) in [6.45, 7) is 0. The van der Waals surface area contributed by atoms with Crippen molar-refractivity contribution in [2.75, 3.05) is 0 Å². The third-order valence-electron chi connectivity index (χ3n) is 2.90. The molecule has 0 heterocycles. The molecule has 0 spiro atoms. The second-order valence-corrected chi connectivity index (χ2v) is 4.90. The topological polar surface area (TPSA) is 37.3 Å². The zero-order chi connectivity index (χ0) is 7.41. The fourth-order valence-electron chi connectivity index (χ4n) is 2.12. The highest BCUT2D eigenvalue weighted by atomic mass is 79.9. The van der Waals surface area contributed by atoms with Crippen LogP contribution in [0.25, 0.3) is 0 Å². The molecule has 0 amide bonds. The van der Waals surface area contributed by atoms with Gasteiger partial charge in [0.1, 0.15) is 0 Å². The SMILES string of the molecule is O=C(O)C12CCCC1(Br)C2. The van der Waals surface area contributed by atoms with Gasteiger partial charge in [0.2, 0.25) is 0 Å². The lowest BCUT2D eigenvalue weighted by Gasteiger charge is -2.04. The van der Waals surface area contributed by atoms with Crippen LogP contribution in [-0.4, -0.2) is 15.4 Å². The van der Waals surface area contributed by atoms with Gasteiger partial charge < -0.3 is 5.11 Å². The average molecular weight is 205 g/mol. The summed E-state index contributed by atoms with van der Waals surface area (Å²) >= 11 is 3.49. The minimum Gasteiger partial charge on any atom is -0.481 e. The highest BCUT2D eigenvalue weighted by Gasteiger charge is 2.73.